The predicted octanol–water partition coefficient (Wildman–Crippen LogP) is 6.97. The van der Waals surface area contributed by atoms with Crippen LogP contribution in [-0.4, -0.2) is 33.0 Å². The molecule has 10 heteroatoms. The third-order valence-corrected chi connectivity index (χ3v) is 7.45. The van der Waals surface area contributed by atoms with Crippen LogP contribution in [-0.2, 0) is 6.42 Å². The average molecular weight is 646 g/mol. The molecule has 0 radical (unpaired) electrons. The van der Waals surface area contributed by atoms with Crippen molar-refractivity contribution in [1.82, 2.24) is 30.6 Å². The summed E-state index contributed by atoms with van der Waals surface area (Å²) in [6, 6.07) is 15.4. The number of aromatic amines is 2. The number of rotatable bonds is 5. The lowest BCUT2D eigenvalue weighted by Crippen LogP contribution is -2.14. The maximum atomic E-state index is 4.71. The van der Waals surface area contributed by atoms with Crippen LogP contribution >= 0.6 is 49.6 Å². The van der Waals surface area contributed by atoms with E-state index in [0.29, 0.717) is 12.1 Å². The van der Waals surface area contributed by atoms with Crippen LogP contribution in [0.1, 0.15) is 73.2 Å². The van der Waals surface area contributed by atoms with E-state index in [9.17, 15) is 0 Å². The Morgan fingerprint density at radius 1 is 0.762 bits per heavy atom. The fourth-order valence-corrected chi connectivity index (χ4v) is 5.57. The highest BCUT2D eigenvalue weighted by Crippen LogP contribution is 2.35. The number of imidazole rings is 2. The summed E-state index contributed by atoms with van der Waals surface area (Å²) in [6.45, 7) is 4.29. The van der Waals surface area contributed by atoms with Crippen molar-refractivity contribution in [1.29, 1.82) is 0 Å². The minimum absolute atomic E-state index is 0. The van der Waals surface area contributed by atoms with Gasteiger partial charge in [-0.25, -0.2) is 9.97 Å². The van der Waals surface area contributed by atoms with Gasteiger partial charge in [0.15, 0.2) is 0 Å². The molecule has 0 bridgehead atoms. The van der Waals surface area contributed by atoms with Crippen molar-refractivity contribution in [3.05, 3.63) is 83.3 Å². The van der Waals surface area contributed by atoms with Crippen LogP contribution in [0.5, 0.6) is 0 Å². The Hall–Kier alpha value is -2.94. The van der Waals surface area contributed by atoms with Crippen molar-refractivity contribution in [2.45, 2.75) is 51.1 Å². The molecule has 6 nitrogen and oxygen atoms in total. The van der Waals surface area contributed by atoms with E-state index >= 15 is 0 Å². The van der Waals surface area contributed by atoms with Gasteiger partial charge in [0.1, 0.15) is 17.3 Å². The number of nitrogens with one attached hydrogen (secondary N) is 4. The van der Waals surface area contributed by atoms with Crippen molar-refractivity contribution < 1.29 is 0 Å². The molecule has 2 aliphatic heterocycles. The molecule has 4 heterocycles. The largest absolute Gasteiger partial charge is 0.341 e. The van der Waals surface area contributed by atoms with E-state index in [1.54, 1.807) is 6.20 Å². The Morgan fingerprint density at radius 3 is 2.05 bits per heavy atom. The molecule has 222 valence electrons. The van der Waals surface area contributed by atoms with Gasteiger partial charge in [0.25, 0.3) is 0 Å². The van der Waals surface area contributed by atoms with Gasteiger partial charge < -0.3 is 20.6 Å². The van der Waals surface area contributed by atoms with Crippen LogP contribution in [0, 0.1) is 23.7 Å². The minimum atomic E-state index is 0. The van der Waals surface area contributed by atoms with Crippen molar-refractivity contribution >= 4 is 49.6 Å². The molecule has 2 fully saturated rings. The summed E-state index contributed by atoms with van der Waals surface area (Å²) < 4.78 is 0. The van der Waals surface area contributed by atoms with Crippen molar-refractivity contribution in [3.8, 4) is 46.1 Å². The highest BCUT2D eigenvalue weighted by Gasteiger charge is 2.21. The monoisotopic (exact) mass is 644 g/mol. The smallest absolute Gasteiger partial charge is 0.124 e. The summed E-state index contributed by atoms with van der Waals surface area (Å²) in [5, 5.41) is 6.99. The van der Waals surface area contributed by atoms with Crippen LogP contribution in [0.4, 0.5) is 0 Å². The maximum Gasteiger partial charge on any atom is 0.124 e. The number of halogens is 4. The van der Waals surface area contributed by atoms with Crippen LogP contribution in [0.3, 0.4) is 0 Å². The lowest BCUT2D eigenvalue weighted by molar-refractivity contribution is 0.612. The topological polar surface area (TPSA) is 81.4 Å². The van der Waals surface area contributed by atoms with Gasteiger partial charge in [0.2, 0.25) is 0 Å². The second-order valence-electron chi connectivity index (χ2n) is 9.90. The summed E-state index contributed by atoms with van der Waals surface area (Å²) in [7, 11) is 0. The van der Waals surface area contributed by atoms with Gasteiger partial charge in [-0.2, -0.15) is 0 Å². The summed E-state index contributed by atoms with van der Waals surface area (Å²) >= 11 is 0. The van der Waals surface area contributed by atoms with Crippen LogP contribution in [0.2, 0.25) is 0 Å². The fourth-order valence-electron chi connectivity index (χ4n) is 5.57. The van der Waals surface area contributed by atoms with E-state index in [4.69, 9.17) is 4.98 Å². The lowest BCUT2D eigenvalue weighted by atomic mass is 9.88. The van der Waals surface area contributed by atoms with E-state index in [1.165, 1.54) is 24.0 Å². The first kappa shape index (κ1) is 35.3. The van der Waals surface area contributed by atoms with Gasteiger partial charge in [0.05, 0.1) is 30.2 Å². The summed E-state index contributed by atoms with van der Waals surface area (Å²) in [5.74, 6) is 14.6. The minimum Gasteiger partial charge on any atom is -0.341 e. The molecule has 2 atom stereocenters. The molecule has 4 N–H and O–H groups in total. The average Bonchev–Trinajstić information content (AvgIpc) is 3.77. The molecule has 0 saturated carbocycles. The van der Waals surface area contributed by atoms with Crippen LogP contribution in [0.15, 0.2) is 54.9 Å². The van der Waals surface area contributed by atoms with Crippen molar-refractivity contribution in [2.24, 2.45) is 0 Å². The molecule has 0 spiro atoms. The number of H-pyrrole nitrogens is 2. The van der Waals surface area contributed by atoms with Crippen LogP contribution in [0.25, 0.3) is 22.4 Å². The summed E-state index contributed by atoms with van der Waals surface area (Å²) in [4.78, 5) is 16.1. The van der Waals surface area contributed by atoms with E-state index in [1.807, 2.05) is 12.3 Å². The number of hydrogen-bond donors (Lipinski definition) is 4. The highest BCUT2D eigenvalue weighted by atomic mass is 35.5. The molecule has 6 rings (SSSR count). The molecule has 0 amide bonds. The first-order valence-corrected chi connectivity index (χ1v) is 13.6. The Bertz CT molecular complexity index is 1550. The maximum absolute atomic E-state index is 4.71. The zero-order chi connectivity index (χ0) is 25.7. The van der Waals surface area contributed by atoms with E-state index < -0.39 is 0 Å². The van der Waals surface area contributed by atoms with E-state index in [2.05, 4.69) is 92.6 Å². The second-order valence-corrected chi connectivity index (χ2v) is 9.90. The standard InChI is InChI=1S/C32H32N6.4ClH/c1-2-25-26(29-21-36-32(38-29)28-15-9-19-34-28)17-16-23(30(25)22-10-4-3-5-11-22)12-6-7-13-24-20-35-31(37-24)27-14-8-18-33-27;;;;/h3-5,10-11,16-17,20-21,27-28,33-34H,2,8-9,14-15,18-19H2,1H3,(H,35,37)(H,36,38);4*1H. The van der Waals surface area contributed by atoms with Gasteiger partial charge >= 0.3 is 0 Å². The molecule has 4 aromatic rings. The van der Waals surface area contributed by atoms with Gasteiger partial charge in [-0.05, 0) is 80.1 Å². The third kappa shape index (κ3) is 7.71. The molecule has 42 heavy (non-hydrogen) atoms. The molecule has 2 unspecified atom stereocenters. The number of benzene rings is 2. The SMILES string of the molecule is CCc1c(-c2cnc(C3CCCN3)[nH]2)ccc(C#CC#Cc2cnc(C3CCCN3)[nH]2)c1-c1ccccc1.Cl.Cl.Cl.Cl. The zero-order valence-electron chi connectivity index (χ0n) is 23.3. The van der Waals surface area contributed by atoms with Crippen molar-refractivity contribution in [2.75, 3.05) is 13.1 Å². The third-order valence-electron chi connectivity index (χ3n) is 7.45. The van der Waals surface area contributed by atoms with Gasteiger partial charge in [-0.3, -0.25) is 0 Å². The predicted molar refractivity (Wildman–Crippen MR) is 180 cm³/mol. The number of nitrogens with zero attached hydrogens (tertiary/aromatic N) is 2. The molecule has 2 saturated heterocycles. The Kier molecular flexibility index (Phi) is 14.0. The van der Waals surface area contributed by atoms with Crippen molar-refractivity contribution in [3.63, 3.8) is 0 Å². The normalized spacial score (nSPS) is 16.8. The first-order chi connectivity index (χ1) is 18.8. The molecule has 2 aromatic heterocycles. The molecule has 2 aliphatic rings. The first-order valence-electron chi connectivity index (χ1n) is 13.6. The Labute approximate surface area is 272 Å². The van der Waals surface area contributed by atoms with E-state index in [0.717, 1.165) is 72.1 Å². The summed E-state index contributed by atoms with van der Waals surface area (Å²) in [5.41, 5.74) is 7.56. The zero-order valence-corrected chi connectivity index (χ0v) is 26.6. The molecule has 2 aromatic carbocycles. The molecular formula is C32H36Cl4N6. The van der Waals surface area contributed by atoms with E-state index in [-0.39, 0.29) is 49.6 Å². The van der Waals surface area contributed by atoms with Crippen LogP contribution < -0.4 is 10.6 Å². The highest BCUT2D eigenvalue weighted by molar-refractivity contribution is 5.86. The van der Waals surface area contributed by atoms with Gasteiger partial charge in [-0.15, -0.1) is 49.6 Å². The lowest BCUT2D eigenvalue weighted by Gasteiger charge is -2.15. The van der Waals surface area contributed by atoms with Gasteiger partial charge in [-0.1, -0.05) is 49.2 Å². The Balaban J connectivity index is 0.00000154. The number of aromatic nitrogens is 4. The second kappa shape index (κ2) is 16.6. The number of hydrogen-bond acceptors (Lipinski definition) is 4. The molecular weight excluding hydrogens is 610 g/mol. The van der Waals surface area contributed by atoms with Gasteiger partial charge in [0, 0.05) is 16.7 Å². The summed E-state index contributed by atoms with van der Waals surface area (Å²) in [6.07, 6.45) is 9.24. The fraction of sp³-hybridized carbons (Fsp3) is 0.312. The quantitative estimate of drug-likeness (QED) is 0.177. The Morgan fingerprint density at radius 2 is 1.40 bits per heavy atom. The molecule has 0 aliphatic carbocycles.